The summed E-state index contributed by atoms with van der Waals surface area (Å²) in [6.07, 6.45) is 3.57. The summed E-state index contributed by atoms with van der Waals surface area (Å²) in [5.74, 6) is -1.06. The monoisotopic (exact) mass is 428 g/mol. The van der Waals surface area contributed by atoms with Crippen LogP contribution in [0.1, 0.15) is 35.3 Å². The summed E-state index contributed by atoms with van der Waals surface area (Å²) in [6.45, 7) is 1.69. The molecule has 1 aromatic carbocycles. The number of aromatic nitrogens is 2. The third-order valence-electron chi connectivity index (χ3n) is 4.65. The summed E-state index contributed by atoms with van der Waals surface area (Å²) in [5.41, 5.74) is 0.694. The van der Waals surface area contributed by atoms with E-state index >= 15 is 0 Å². The molecule has 2 aromatic heterocycles. The molecule has 0 spiro atoms. The van der Waals surface area contributed by atoms with Gasteiger partial charge >= 0.3 is 0 Å². The second-order valence-electron chi connectivity index (χ2n) is 6.66. The van der Waals surface area contributed by atoms with E-state index in [9.17, 15) is 18.8 Å². The molecule has 2 heterocycles. The Labute approximate surface area is 176 Å². The molecule has 0 aliphatic carbocycles. The molecular formula is C21H21FN4O3S. The molecule has 156 valence electrons. The van der Waals surface area contributed by atoms with Crippen molar-refractivity contribution >= 4 is 28.3 Å². The topological polar surface area (TPSA) is 84.3 Å². The van der Waals surface area contributed by atoms with Gasteiger partial charge < -0.3 is 14.8 Å². The Morgan fingerprint density at radius 2 is 1.97 bits per heavy atom. The van der Waals surface area contributed by atoms with E-state index in [4.69, 9.17) is 0 Å². The number of carbonyl (C=O) groups is 2. The standard InChI is InChI=1S/C21H21FN4O3S/c1-3-17(14-4-7-16(22)8-5-14)25(2)20(29)15-6-9-19(28)26(12-15)13-18(27)24-21-23-10-11-30-21/h4-12,17H,3,13H2,1-2H3,(H,23,24,27). The van der Waals surface area contributed by atoms with Crippen LogP contribution >= 0.6 is 11.3 Å². The van der Waals surface area contributed by atoms with Crippen LogP contribution in [0.3, 0.4) is 0 Å². The third kappa shape index (κ3) is 4.98. The van der Waals surface area contributed by atoms with Gasteiger partial charge in [-0.25, -0.2) is 9.37 Å². The van der Waals surface area contributed by atoms with Gasteiger partial charge in [0.2, 0.25) is 5.91 Å². The maximum absolute atomic E-state index is 13.2. The Morgan fingerprint density at radius 3 is 2.60 bits per heavy atom. The van der Waals surface area contributed by atoms with Crippen molar-refractivity contribution in [2.45, 2.75) is 25.9 Å². The zero-order chi connectivity index (χ0) is 21.7. The van der Waals surface area contributed by atoms with E-state index < -0.39 is 11.5 Å². The molecule has 0 saturated heterocycles. The number of carbonyl (C=O) groups excluding carboxylic acids is 2. The van der Waals surface area contributed by atoms with Crippen molar-refractivity contribution in [1.29, 1.82) is 0 Å². The first kappa shape index (κ1) is 21.4. The molecule has 1 unspecified atom stereocenters. The SMILES string of the molecule is CCC(c1ccc(F)cc1)N(C)C(=O)c1ccc(=O)n(CC(=O)Nc2nccs2)c1. The van der Waals surface area contributed by atoms with E-state index in [1.54, 1.807) is 35.7 Å². The van der Waals surface area contributed by atoms with Gasteiger partial charge in [0.05, 0.1) is 11.6 Å². The zero-order valence-electron chi connectivity index (χ0n) is 16.5. The number of amides is 2. The van der Waals surface area contributed by atoms with Crippen LogP contribution < -0.4 is 10.9 Å². The minimum atomic E-state index is -0.414. The fourth-order valence-electron chi connectivity index (χ4n) is 3.14. The Hall–Kier alpha value is -3.33. The molecule has 0 aliphatic heterocycles. The largest absolute Gasteiger partial charge is 0.335 e. The van der Waals surface area contributed by atoms with E-state index in [1.165, 1.54) is 46.4 Å². The van der Waals surface area contributed by atoms with E-state index in [-0.39, 0.29) is 29.9 Å². The number of rotatable bonds is 7. The molecule has 7 nitrogen and oxygen atoms in total. The van der Waals surface area contributed by atoms with E-state index in [2.05, 4.69) is 10.3 Å². The molecule has 0 radical (unpaired) electrons. The Balaban J connectivity index is 1.78. The number of hydrogen-bond acceptors (Lipinski definition) is 5. The van der Waals surface area contributed by atoms with Gasteiger partial charge in [-0.15, -0.1) is 11.3 Å². The molecule has 0 fully saturated rings. The summed E-state index contributed by atoms with van der Waals surface area (Å²) < 4.78 is 14.4. The van der Waals surface area contributed by atoms with Crippen LogP contribution in [0.4, 0.5) is 9.52 Å². The van der Waals surface area contributed by atoms with E-state index in [0.29, 0.717) is 11.6 Å². The first-order valence-corrected chi connectivity index (χ1v) is 10.2. The smallest absolute Gasteiger partial charge is 0.255 e. The van der Waals surface area contributed by atoms with Gasteiger partial charge in [0, 0.05) is 30.9 Å². The van der Waals surface area contributed by atoms with Gasteiger partial charge in [-0.05, 0) is 30.2 Å². The fraction of sp³-hybridized carbons (Fsp3) is 0.238. The van der Waals surface area contributed by atoms with Crippen LogP contribution in [0.2, 0.25) is 0 Å². The average molecular weight is 428 g/mol. The number of benzene rings is 1. The van der Waals surface area contributed by atoms with Crippen molar-refractivity contribution < 1.29 is 14.0 Å². The second kappa shape index (κ2) is 9.45. The molecule has 0 aliphatic rings. The number of nitrogens with zero attached hydrogens (tertiary/aromatic N) is 3. The van der Waals surface area contributed by atoms with Crippen LogP contribution in [0, 0.1) is 5.82 Å². The van der Waals surface area contributed by atoms with Gasteiger partial charge in [0.25, 0.3) is 11.5 Å². The van der Waals surface area contributed by atoms with Crippen molar-refractivity contribution in [3.05, 3.63) is 81.5 Å². The first-order chi connectivity index (χ1) is 14.4. The highest BCUT2D eigenvalue weighted by Gasteiger charge is 2.22. The van der Waals surface area contributed by atoms with Crippen molar-refractivity contribution in [2.75, 3.05) is 12.4 Å². The van der Waals surface area contributed by atoms with E-state index in [0.717, 1.165) is 5.56 Å². The summed E-state index contributed by atoms with van der Waals surface area (Å²) in [7, 11) is 1.66. The Morgan fingerprint density at radius 1 is 1.23 bits per heavy atom. The molecule has 1 atom stereocenters. The molecule has 0 bridgehead atoms. The van der Waals surface area contributed by atoms with Crippen LogP contribution in [0.15, 0.2) is 59.0 Å². The first-order valence-electron chi connectivity index (χ1n) is 9.31. The van der Waals surface area contributed by atoms with Crippen molar-refractivity contribution in [2.24, 2.45) is 0 Å². The molecule has 1 N–H and O–H groups in total. The Bertz CT molecular complexity index is 1080. The quantitative estimate of drug-likeness (QED) is 0.626. The maximum atomic E-state index is 13.2. The zero-order valence-corrected chi connectivity index (χ0v) is 17.4. The van der Waals surface area contributed by atoms with E-state index in [1.807, 2.05) is 6.92 Å². The minimum absolute atomic E-state index is 0.238. The second-order valence-corrected chi connectivity index (χ2v) is 7.56. The average Bonchev–Trinajstić information content (AvgIpc) is 3.23. The van der Waals surface area contributed by atoms with Crippen LogP contribution in [-0.4, -0.2) is 33.3 Å². The highest BCUT2D eigenvalue weighted by molar-refractivity contribution is 7.13. The van der Waals surface area contributed by atoms with Gasteiger partial charge in [-0.1, -0.05) is 19.1 Å². The molecule has 3 aromatic rings. The van der Waals surface area contributed by atoms with Crippen LogP contribution in [0.5, 0.6) is 0 Å². The van der Waals surface area contributed by atoms with Gasteiger partial charge in [0.1, 0.15) is 12.4 Å². The Kier molecular flexibility index (Phi) is 6.73. The normalized spacial score (nSPS) is 11.7. The van der Waals surface area contributed by atoms with Crippen LogP contribution in [-0.2, 0) is 11.3 Å². The van der Waals surface area contributed by atoms with Crippen molar-refractivity contribution in [1.82, 2.24) is 14.5 Å². The highest BCUT2D eigenvalue weighted by Crippen LogP contribution is 2.24. The number of thiazole rings is 1. The maximum Gasteiger partial charge on any atom is 0.255 e. The van der Waals surface area contributed by atoms with Gasteiger partial charge in [-0.2, -0.15) is 0 Å². The molecular weight excluding hydrogens is 407 g/mol. The lowest BCUT2D eigenvalue weighted by Gasteiger charge is -2.28. The predicted molar refractivity (Wildman–Crippen MR) is 113 cm³/mol. The fourth-order valence-corrected chi connectivity index (χ4v) is 3.69. The molecule has 3 rings (SSSR count). The summed E-state index contributed by atoms with van der Waals surface area (Å²) in [5, 5.41) is 4.76. The number of halogens is 1. The molecule has 30 heavy (non-hydrogen) atoms. The third-order valence-corrected chi connectivity index (χ3v) is 5.34. The number of pyridine rings is 1. The highest BCUT2D eigenvalue weighted by atomic mass is 32.1. The van der Waals surface area contributed by atoms with Gasteiger partial charge in [-0.3, -0.25) is 14.4 Å². The summed E-state index contributed by atoms with van der Waals surface area (Å²) in [4.78, 5) is 42.9. The predicted octanol–water partition coefficient (Wildman–Crippen LogP) is 3.31. The lowest BCUT2D eigenvalue weighted by atomic mass is 10.0. The van der Waals surface area contributed by atoms with Crippen LogP contribution in [0.25, 0.3) is 0 Å². The minimum Gasteiger partial charge on any atom is -0.335 e. The molecule has 2 amide bonds. The number of hydrogen-bond donors (Lipinski definition) is 1. The lowest BCUT2D eigenvalue weighted by Crippen LogP contribution is -2.33. The number of nitrogens with one attached hydrogen (secondary N) is 1. The van der Waals surface area contributed by atoms with Crippen molar-refractivity contribution in [3.8, 4) is 0 Å². The summed E-state index contributed by atoms with van der Waals surface area (Å²) >= 11 is 1.27. The number of anilines is 1. The van der Waals surface area contributed by atoms with Gasteiger partial charge in [0.15, 0.2) is 5.13 Å². The van der Waals surface area contributed by atoms with Crippen molar-refractivity contribution in [3.63, 3.8) is 0 Å². The summed E-state index contributed by atoms with van der Waals surface area (Å²) in [6, 6.07) is 8.46. The molecule has 9 heteroatoms. The lowest BCUT2D eigenvalue weighted by molar-refractivity contribution is -0.116. The molecule has 0 saturated carbocycles.